The standard InChI is InChI=1S/C29H26N4Si/c1-3-12-22(13-4-1)34(23-14-5-2-6-15-23,27-19-9-10-21-30-27)28-20-11-18-26(31-28)29-24-16-7-8-17-25(24)32-33-29/h1-6,9-15,18-21H,7-8,16-17H2,(H,32,33). The number of aromatic amines is 1. The highest BCUT2D eigenvalue weighted by Crippen LogP contribution is 2.28. The van der Waals surface area contributed by atoms with Gasteiger partial charge >= 0.3 is 0 Å². The fourth-order valence-electron chi connectivity index (χ4n) is 5.32. The van der Waals surface area contributed by atoms with Gasteiger partial charge in [0, 0.05) is 28.1 Å². The molecule has 34 heavy (non-hydrogen) atoms. The minimum Gasteiger partial charge on any atom is -0.282 e. The van der Waals surface area contributed by atoms with Crippen LogP contribution in [0.1, 0.15) is 24.1 Å². The first-order valence-electron chi connectivity index (χ1n) is 11.9. The summed E-state index contributed by atoms with van der Waals surface area (Å²) < 4.78 is 0. The summed E-state index contributed by atoms with van der Waals surface area (Å²) in [5.74, 6) is 0. The highest BCUT2D eigenvalue weighted by Gasteiger charge is 2.44. The van der Waals surface area contributed by atoms with E-state index in [1.54, 1.807) is 0 Å². The first-order valence-corrected chi connectivity index (χ1v) is 13.9. The fourth-order valence-corrected chi connectivity index (χ4v) is 9.73. The molecule has 0 saturated heterocycles. The molecule has 1 aliphatic carbocycles. The Kier molecular flexibility index (Phi) is 5.39. The fraction of sp³-hybridized carbons (Fsp3) is 0.138. The Labute approximate surface area is 200 Å². The molecule has 0 radical (unpaired) electrons. The second-order valence-electron chi connectivity index (χ2n) is 8.84. The van der Waals surface area contributed by atoms with Crippen molar-refractivity contribution in [2.45, 2.75) is 25.7 Å². The van der Waals surface area contributed by atoms with Crippen molar-refractivity contribution in [3.63, 3.8) is 0 Å². The van der Waals surface area contributed by atoms with E-state index < -0.39 is 8.07 Å². The molecule has 3 aromatic heterocycles. The second-order valence-corrected chi connectivity index (χ2v) is 12.5. The van der Waals surface area contributed by atoms with Crippen molar-refractivity contribution < 1.29 is 0 Å². The minimum atomic E-state index is -2.74. The lowest BCUT2D eigenvalue weighted by Crippen LogP contribution is -2.76. The number of aromatic nitrogens is 4. The molecule has 0 aliphatic heterocycles. The van der Waals surface area contributed by atoms with Gasteiger partial charge in [0.15, 0.2) is 0 Å². The third kappa shape index (κ3) is 3.40. The number of H-pyrrole nitrogens is 1. The molecule has 0 fully saturated rings. The van der Waals surface area contributed by atoms with E-state index in [9.17, 15) is 0 Å². The van der Waals surface area contributed by atoms with Gasteiger partial charge in [0.1, 0.15) is 5.69 Å². The first-order chi connectivity index (χ1) is 16.9. The summed E-state index contributed by atoms with van der Waals surface area (Å²) in [6, 6.07) is 34.2. The maximum atomic E-state index is 5.36. The summed E-state index contributed by atoms with van der Waals surface area (Å²) >= 11 is 0. The molecular weight excluding hydrogens is 432 g/mol. The summed E-state index contributed by atoms with van der Waals surface area (Å²) in [5.41, 5.74) is 4.55. The first kappa shape index (κ1) is 20.8. The minimum absolute atomic E-state index is 0.941. The lowest BCUT2D eigenvalue weighted by molar-refractivity contribution is 0.675. The summed E-state index contributed by atoms with van der Waals surface area (Å²) in [6.07, 6.45) is 6.46. The van der Waals surface area contributed by atoms with Gasteiger partial charge in [-0.1, -0.05) is 72.8 Å². The van der Waals surface area contributed by atoms with Crippen LogP contribution in [0.25, 0.3) is 11.4 Å². The van der Waals surface area contributed by atoms with Gasteiger partial charge in [-0.3, -0.25) is 15.1 Å². The summed E-state index contributed by atoms with van der Waals surface area (Å²) in [5, 5.41) is 12.7. The van der Waals surface area contributed by atoms with Gasteiger partial charge in [-0.15, -0.1) is 0 Å². The molecule has 166 valence electrons. The molecule has 1 N–H and O–H groups in total. The van der Waals surface area contributed by atoms with Crippen molar-refractivity contribution in [3.05, 3.63) is 115 Å². The summed E-state index contributed by atoms with van der Waals surface area (Å²) in [6.45, 7) is 0. The maximum Gasteiger partial charge on any atom is 0.223 e. The number of benzene rings is 2. The number of hydrogen-bond donors (Lipinski definition) is 1. The molecule has 0 spiro atoms. The number of rotatable bonds is 5. The highest BCUT2D eigenvalue weighted by atomic mass is 28.3. The van der Waals surface area contributed by atoms with E-state index in [4.69, 9.17) is 15.1 Å². The predicted octanol–water partition coefficient (Wildman–Crippen LogP) is 3.12. The molecule has 0 atom stereocenters. The van der Waals surface area contributed by atoms with Gasteiger partial charge in [-0.25, -0.2) is 0 Å². The van der Waals surface area contributed by atoms with Crippen LogP contribution < -0.4 is 21.0 Å². The number of nitrogens with one attached hydrogen (secondary N) is 1. The number of hydrogen-bond acceptors (Lipinski definition) is 3. The Balaban J connectivity index is 1.64. The number of fused-ring (bicyclic) bond motifs is 1. The lowest BCUT2D eigenvalue weighted by atomic mass is 9.95. The van der Waals surface area contributed by atoms with E-state index in [0.717, 1.165) is 34.9 Å². The van der Waals surface area contributed by atoms with Crippen LogP contribution in [0.3, 0.4) is 0 Å². The largest absolute Gasteiger partial charge is 0.282 e. The summed E-state index contributed by atoms with van der Waals surface area (Å²) in [7, 11) is -2.74. The quantitative estimate of drug-likeness (QED) is 0.412. The third-order valence-corrected chi connectivity index (χ3v) is 11.4. The van der Waals surface area contributed by atoms with Gasteiger partial charge in [-0.2, -0.15) is 5.10 Å². The topological polar surface area (TPSA) is 54.5 Å². The molecule has 6 rings (SSSR count). The Morgan fingerprint density at radius 3 is 2.03 bits per heavy atom. The van der Waals surface area contributed by atoms with E-state index >= 15 is 0 Å². The van der Waals surface area contributed by atoms with Crippen LogP contribution in [0.5, 0.6) is 0 Å². The number of aryl methyl sites for hydroxylation is 1. The monoisotopic (exact) mass is 458 g/mol. The third-order valence-electron chi connectivity index (χ3n) is 6.89. The lowest BCUT2D eigenvalue weighted by Gasteiger charge is -2.32. The number of nitrogens with zero attached hydrogens (tertiary/aromatic N) is 3. The zero-order chi connectivity index (χ0) is 22.8. The van der Waals surface area contributed by atoms with Crippen molar-refractivity contribution in [2.24, 2.45) is 0 Å². The van der Waals surface area contributed by atoms with Gasteiger partial charge in [0.05, 0.1) is 5.69 Å². The van der Waals surface area contributed by atoms with E-state index in [2.05, 4.69) is 96.1 Å². The Hall–Kier alpha value is -3.83. The molecule has 0 bridgehead atoms. The van der Waals surface area contributed by atoms with Crippen molar-refractivity contribution in [1.82, 2.24) is 20.2 Å². The van der Waals surface area contributed by atoms with Crippen LogP contribution in [0.4, 0.5) is 0 Å². The smallest absolute Gasteiger partial charge is 0.223 e. The van der Waals surface area contributed by atoms with Crippen molar-refractivity contribution in [3.8, 4) is 11.4 Å². The summed E-state index contributed by atoms with van der Waals surface area (Å²) in [4.78, 5) is 10.3. The Bertz CT molecular complexity index is 1300. The SMILES string of the molecule is c1ccc([Si](c2ccccc2)(c2ccccn2)c2cccc(-c3n[nH]c4c3CCCC4)n2)cc1. The van der Waals surface area contributed by atoms with Gasteiger partial charge < -0.3 is 0 Å². The van der Waals surface area contributed by atoms with Crippen molar-refractivity contribution in [1.29, 1.82) is 0 Å². The van der Waals surface area contributed by atoms with E-state index in [0.29, 0.717) is 0 Å². The van der Waals surface area contributed by atoms with Crippen molar-refractivity contribution >= 4 is 29.1 Å². The molecule has 0 saturated carbocycles. The molecule has 0 unspecified atom stereocenters. The van der Waals surface area contributed by atoms with Crippen LogP contribution in [-0.4, -0.2) is 28.2 Å². The van der Waals surface area contributed by atoms with E-state index in [1.165, 1.54) is 34.5 Å². The molecule has 1 aliphatic rings. The van der Waals surface area contributed by atoms with Crippen LogP contribution in [0.15, 0.2) is 103 Å². The zero-order valence-electron chi connectivity index (χ0n) is 19.0. The van der Waals surface area contributed by atoms with Crippen LogP contribution in [0, 0.1) is 0 Å². The van der Waals surface area contributed by atoms with Crippen LogP contribution in [0.2, 0.25) is 0 Å². The average molecular weight is 459 g/mol. The Morgan fingerprint density at radius 2 is 1.32 bits per heavy atom. The molecule has 3 heterocycles. The van der Waals surface area contributed by atoms with Crippen molar-refractivity contribution in [2.75, 3.05) is 0 Å². The van der Waals surface area contributed by atoms with E-state index in [1.807, 2.05) is 12.3 Å². The second kappa shape index (κ2) is 8.84. The normalized spacial score (nSPS) is 13.4. The zero-order valence-corrected chi connectivity index (χ0v) is 20.0. The maximum absolute atomic E-state index is 5.36. The number of pyridine rings is 2. The van der Waals surface area contributed by atoms with Gasteiger partial charge in [0.2, 0.25) is 8.07 Å². The molecular formula is C29H26N4Si. The molecule has 5 aromatic rings. The van der Waals surface area contributed by atoms with Gasteiger partial charge in [-0.05, 0) is 60.3 Å². The van der Waals surface area contributed by atoms with Crippen LogP contribution in [-0.2, 0) is 12.8 Å². The molecule has 5 heteroatoms. The predicted molar refractivity (Wildman–Crippen MR) is 140 cm³/mol. The molecule has 0 amide bonds. The van der Waals surface area contributed by atoms with Crippen LogP contribution >= 0.6 is 0 Å². The van der Waals surface area contributed by atoms with Gasteiger partial charge in [0.25, 0.3) is 0 Å². The molecule has 2 aromatic carbocycles. The average Bonchev–Trinajstić information content (AvgIpc) is 3.36. The highest BCUT2D eigenvalue weighted by molar-refractivity contribution is 7.19. The molecule has 4 nitrogen and oxygen atoms in total. The van der Waals surface area contributed by atoms with E-state index in [-0.39, 0.29) is 0 Å². The Morgan fingerprint density at radius 1 is 0.647 bits per heavy atom.